The summed E-state index contributed by atoms with van der Waals surface area (Å²) in [4.78, 5) is 39.4. The van der Waals surface area contributed by atoms with Gasteiger partial charge in [-0.25, -0.2) is 0 Å². The number of pyridine rings is 1. The third-order valence-corrected chi connectivity index (χ3v) is 10.4. The average Bonchev–Trinajstić information content (AvgIpc) is 3.91. The number of aromatic nitrogens is 1. The van der Waals surface area contributed by atoms with Crippen molar-refractivity contribution in [3.63, 3.8) is 0 Å². The zero-order chi connectivity index (χ0) is 40.9. The Labute approximate surface area is 335 Å². The molecule has 1 aromatic heterocycles. The van der Waals surface area contributed by atoms with Gasteiger partial charge in [-0.15, -0.1) is 0 Å². The molecule has 0 radical (unpaired) electrons. The van der Waals surface area contributed by atoms with Crippen LogP contribution in [-0.2, 0) is 16.0 Å². The van der Waals surface area contributed by atoms with Crippen molar-refractivity contribution < 1.29 is 33.6 Å². The van der Waals surface area contributed by atoms with Crippen LogP contribution < -0.4 is 40.9 Å². The number of aryl methyl sites for hydroxylation is 1. The van der Waals surface area contributed by atoms with Crippen LogP contribution in [0.2, 0.25) is 0 Å². The minimum absolute atomic E-state index is 0.0125. The summed E-state index contributed by atoms with van der Waals surface area (Å²) in [6.07, 6.45) is 8.31. The van der Waals surface area contributed by atoms with E-state index in [0.717, 1.165) is 66.7 Å². The molecule has 0 aliphatic carbocycles. The van der Waals surface area contributed by atoms with E-state index in [1.54, 1.807) is 13.1 Å². The Kier molecular flexibility index (Phi) is 15.4. The second-order valence-corrected chi connectivity index (χ2v) is 14.6. The maximum Gasteiger partial charge on any atom is 0.258 e. The molecule has 0 bridgehead atoms. The monoisotopic (exact) mass is 782 g/mol. The molecule has 306 valence electrons. The zero-order valence-electron chi connectivity index (χ0n) is 33.8. The first-order valence-corrected chi connectivity index (χ1v) is 20.2. The molecule has 5 N–H and O–H groups in total. The van der Waals surface area contributed by atoms with E-state index < -0.39 is 12.1 Å². The van der Waals surface area contributed by atoms with Gasteiger partial charge in [-0.1, -0.05) is 95.8 Å². The number of amides is 2. The van der Waals surface area contributed by atoms with Gasteiger partial charge < -0.3 is 45.0 Å². The largest absolute Gasteiger partial charge is 0.507 e. The summed E-state index contributed by atoms with van der Waals surface area (Å²) in [6.45, 7) is 10.4. The molecule has 2 amide bonds. The van der Waals surface area contributed by atoms with Crippen LogP contribution in [0.25, 0.3) is 0 Å². The summed E-state index contributed by atoms with van der Waals surface area (Å²) in [5.74, 6) is 2.52. The molecule has 4 aromatic rings. The number of fused-ring (bicyclic) bond motifs is 2. The van der Waals surface area contributed by atoms with Crippen LogP contribution in [0.1, 0.15) is 125 Å². The number of hydrogen-bond acceptors (Lipinski definition) is 9. The molecule has 3 aromatic carbocycles. The number of nitrogens with two attached hydrogens (primary N) is 1. The van der Waals surface area contributed by atoms with Gasteiger partial charge in [0.15, 0.2) is 23.0 Å². The standard InChI is InChI=1S/C29H34N2O5.C16H24N2O3/c1-4-6-12-24(28(33)30-23(5-2)21-13-14-25-26(16-21)36-18-35-25)31-17-19(3)27(32)22(29(31)34)15-20-10-8-7-9-11-20;1-3-5-6-12(17)16(19)18-13(4-2)11-7-8-14-15(9-11)21-10-20-14/h7-11,13-14,16-17,23-24,32H,4-6,12,15,18H2,1-3H3,(H,30,33);7-9,12-13H,3-6,10,17H2,1-2H3,(H,18,19)/t23-,24?;12-,13-/m00/s1. The summed E-state index contributed by atoms with van der Waals surface area (Å²) in [5, 5.41) is 16.9. The Morgan fingerprint density at radius 1 is 0.754 bits per heavy atom. The van der Waals surface area contributed by atoms with Gasteiger partial charge in [0, 0.05) is 18.2 Å². The van der Waals surface area contributed by atoms with Gasteiger partial charge in [0.1, 0.15) is 11.8 Å². The first-order chi connectivity index (χ1) is 27.6. The predicted octanol–water partition coefficient (Wildman–Crippen LogP) is 7.68. The molecule has 0 saturated carbocycles. The fourth-order valence-electron chi connectivity index (χ4n) is 7.01. The molecule has 4 atom stereocenters. The first kappa shape index (κ1) is 42.6. The van der Waals surface area contributed by atoms with E-state index in [0.29, 0.717) is 41.9 Å². The van der Waals surface area contributed by atoms with Crippen LogP contribution in [0.15, 0.2) is 77.7 Å². The Hall–Kier alpha value is -5.49. The van der Waals surface area contributed by atoms with E-state index in [4.69, 9.17) is 24.7 Å². The van der Waals surface area contributed by atoms with Gasteiger partial charge in [-0.05, 0) is 73.6 Å². The predicted molar refractivity (Wildman–Crippen MR) is 220 cm³/mol. The molecule has 57 heavy (non-hydrogen) atoms. The summed E-state index contributed by atoms with van der Waals surface area (Å²) in [7, 11) is 0. The number of carbonyl (C=O) groups excluding carboxylic acids is 2. The molecule has 0 spiro atoms. The van der Waals surface area contributed by atoms with Crippen LogP contribution >= 0.6 is 0 Å². The molecule has 6 rings (SSSR count). The van der Waals surface area contributed by atoms with Gasteiger partial charge in [0.25, 0.3) is 5.56 Å². The van der Waals surface area contributed by atoms with E-state index in [-0.39, 0.29) is 48.8 Å². The number of ether oxygens (including phenoxy) is 4. The average molecular weight is 783 g/mol. The Morgan fingerprint density at radius 2 is 1.28 bits per heavy atom. The van der Waals surface area contributed by atoms with Crippen molar-refractivity contribution in [1.82, 2.24) is 15.2 Å². The van der Waals surface area contributed by atoms with Gasteiger partial charge in [0.2, 0.25) is 25.4 Å². The van der Waals surface area contributed by atoms with Gasteiger partial charge in [-0.3, -0.25) is 14.4 Å². The van der Waals surface area contributed by atoms with Crippen molar-refractivity contribution in [2.24, 2.45) is 5.73 Å². The summed E-state index contributed by atoms with van der Waals surface area (Å²) in [6, 6.07) is 19.6. The fraction of sp³-hybridized carbons (Fsp3) is 0.444. The quantitative estimate of drug-likeness (QED) is 0.0842. The number of nitrogens with zero attached hydrogens (tertiary/aromatic N) is 1. The summed E-state index contributed by atoms with van der Waals surface area (Å²) in [5.41, 5.74) is 9.30. The lowest BCUT2D eigenvalue weighted by Crippen LogP contribution is -2.42. The third kappa shape index (κ3) is 10.9. The topological polar surface area (TPSA) is 163 Å². The number of unbranched alkanes of at least 4 members (excludes halogenated alkanes) is 2. The first-order valence-electron chi connectivity index (χ1n) is 20.2. The molecule has 0 saturated heterocycles. The molecular formula is C45H58N4O8. The van der Waals surface area contributed by atoms with Crippen molar-refractivity contribution in [2.75, 3.05) is 13.6 Å². The van der Waals surface area contributed by atoms with Gasteiger partial charge in [-0.2, -0.15) is 0 Å². The molecule has 1 unspecified atom stereocenters. The Bertz CT molecular complexity index is 2020. The number of benzene rings is 3. The van der Waals surface area contributed by atoms with Crippen molar-refractivity contribution in [3.05, 3.63) is 111 Å². The van der Waals surface area contributed by atoms with Crippen LogP contribution in [0.3, 0.4) is 0 Å². The molecule has 0 fully saturated rings. The van der Waals surface area contributed by atoms with Crippen LogP contribution in [0.4, 0.5) is 0 Å². The SMILES string of the molecule is CCCCC(C(=O)N[C@@H](CC)c1ccc2c(c1)OCO2)n1cc(C)c(O)c(Cc2ccccc2)c1=O.CCCC[C@H](N)C(=O)N[C@@H](CC)c1ccc2c(c1)OCO2. The lowest BCUT2D eigenvalue weighted by atomic mass is 10.0. The Balaban J connectivity index is 0.000000251. The van der Waals surface area contributed by atoms with E-state index >= 15 is 0 Å². The molecule has 3 heterocycles. The minimum Gasteiger partial charge on any atom is -0.507 e. The minimum atomic E-state index is -0.686. The van der Waals surface area contributed by atoms with E-state index in [2.05, 4.69) is 24.5 Å². The lowest BCUT2D eigenvalue weighted by Gasteiger charge is -2.25. The summed E-state index contributed by atoms with van der Waals surface area (Å²) >= 11 is 0. The van der Waals surface area contributed by atoms with E-state index in [9.17, 15) is 19.5 Å². The van der Waals surface area contributed by atoms with Crippen molar-refractivity contribution in [2.45, 2.75) is 117 Å². The molecular weight excluding hydrogens is 725 g/mol. The van der Waals surface area contributed by atoms with Gasteiger partial charge >= 0.3 is 0 Å². The number of carbonyl (C=O) groups is 2. The highest BCUT2D eigenvalue weighted by molar-refractivity contribution is 5.82. The third-order valence-electron chi connectivity index (χ3n) is 10.4. The van der Waals surface area contributed by atoms with Crippen LogP contribution in [-0.4, -0.2) is 41.1 Å². The zero-order valence-corrected chi connectivity index (χ0v) is 33.8. The second-order valence-electron chi connectivity index (χ2n) is 14.6. The van der Waals surface area contributed by atoms with Crippen molar-refractivity contribution >= 4 is 11.8 Å². The highest BCUT2D eigenvalue weighted by Gasteiger charge is 2.27. The van der Waals surface area contributed by atoms with Crippen LogP contribution in [0, 0.1) is 6.92 Å². The number of hydrogen-bond donors (Lipinski definition) is 4. The molecule has 12 nitrogen and oxygen atoms in total. The maximum atomic E-state index is 13.7. The number of rotatable bonds is 17. The second kappa shape index (κ2) is 20.6. The smallest absolute Gasteiger partial charge is 0.258 e. The highest BCUT2D eigenvalue weighted by Crippen LogP contribution is 2.36. The highest BCUT2D eigenvalue weighted by atomic mass is 16.7. The van der Waals surface area contributed by atoms with E-state index in [1.807, 2.05) is 80.6 Å². The lowest BCUT2D eigenvalue weighted by molar-refractivity contribution is -0.125. The van der Waals surface area contributed by atoms with Crippen molar-refractivity contribution in [3.8, 4) is 28.7 Å². The van der Waals surface area contributed by atoms with E-state index in [1.165, 1.54) is 4.57 Å². The summed E-state index contributed by atoms with van der Waals surface area (Å²) < 4.78 is 23.1. The Morgan fingerprint density at radius 3 is 1.82 bits per heavy atom. The number of aromatic hydroxyl groups is 1. The molecule has 2 aliphatic heterocycles. The number of nitrogens with one attached hydrogen (secondary N) is 2. The molecule has 12 heteroatoms. The molecule has 2 aliphatic rings. The normalized spacial score (nSPS) is 14.5. The maximum absolute atomic E-state index is 13.7. The van der Waals surface area contributed by atoms with Crippen LogP contribution in [0.5, 0.6) is 28.7 Å². The van der Waals surface area contributed by atoms with Crippen molar-refractivity contribution in [1.29, 1.82) is 0 Å². The fourth-order valence-corrected chi connectivity index (χ4v) is 7.01. The van der Waals surface area contributed by atoms with Gasteiger partial charge in [0.05, 0.1) is 23.7 Å².